The molecule has 3 atom stereocenters. The van der Waals surface area contributed by atoms with Crippen LogP contribution >= 0.6 is 0 Å². The lowest BCUT2D eigenvalue weighted by Gasteiger charge is -2.42. The predicted molar refractivity (Wildman–Crippen MR) is 79.0 cm³/mol. The Kier molecular flexibility index (Phi) is 4.01. The molecule has 0 aromatic heterocycles. The molecule has 0 unspecified atom stereocenters. The molecule has 1 heteroatoms. The van der Waals surface area contributed by atoms with Crippen LogP contribution in [-0.2, 0) is 4.79 Å². The summed E-state index contributed by atoms with van der Waals surface area (Å²) in [6.45, 7) is 2.50. The smallest absolute Gasteiger partial charge is 0.136 e. The molecule has 0 radical (unpaired) electrons. The van der Waals surface area contributed by atoms with E-state index in [0.29, 0.717) is 17.1 Å². The van der Waals surface area contributed by atoms with Gasteiger partial charge in [0.2, 0.25) is 0 Å². The molecule has 1 nitrogen and oxygen atoms in total. The van der Waals surface area contributed by atoms with Crippen molar-refractivity contribution < 1.29 is 4.79 Å². The fourth-order valence-electron chi connectivity index (χ4n) is 5.44. The molecule has 3 fully saturated rings. The second-order valence-electron chi connectivity index (χ2n) is 7.81. The van der Waals surface area contributed by atoms with Gasteiger partial charge in [-0.1, -0.05) is 39.0 Å². The number of fused-ring (bicyclic) bond motifs is 1. The van der Waals surface area contributed by atoms with Gasteiger partial charge < -0.3 is 0 Å². The van der Waals surface area contributed by atoms with E-state index in [4.69, 9.17) is 0 Å². The number of ketones is 1. The lowest BCUT2D eigenvalue weighted by atomic mass is 9.63. The maximum Gasteiger partial charge on any atom is 0.136 e. The van der Waals surface area contributed by atoms with Gasteiger partial charge in [0, 0.05) is 12.3 Å². The van der Waals surface area contributed by atoms with Gasteiger partial charge in [0.05, 0.1) is 0 Å². The van der Waals surface area contributed by atoms with Crippen molar-refractivity contribution in [1.29, 1.82) is 0 Å². The average molecular weight is 262 g/mol. The molecule has 3 saturated carbocycles. The molecule has 0 aromatic rings. The molecule has 0 bridgehead atoms. The Morgan fingerprint density at radius 2 is 1.63 bits per heavy atom. The maximum atomic E-state index is 12.6. The Morgan fingerprint density at radius 3 is 2.37 bits per heavy atom. The van der Waals surface area contributed by atoms with Gasteiger partial charge >= 0.3 is 0 Å². The van der Waals surface area contributed by atoms with Crippen molar-refractivity contribution in [3.63, 3.8) is 0 Å². The summed E-state index contributed by atoms with van der Waals surface area (Å²) in [6, 6.07) is 0. The van der Waals surface area contributed by atoms with Crippen LogP contribution in [-0.4, -0.2) is 5.78 Å². The second kappa shape index (κ2) is 5.58. The third-order valence-corrected chi connectivity index (χ3v) is 6.57. The molecular weight excluding hydrogens is 232 g/mol. The van der Waals surface area contributed by atoms with Crippen molar-refractivity contribution in [3.05, 3.63) is 0 Å². The second-order valence-corrected chi connectivity index (χ2v) is 7.81. The standard InChI is InChI=1S/C18H30O/c1-18-11-5-9-15(16(18)10-6-12-18)13-17(19)14-7-3-2-4-8-14/h14-16H,2-13H2,1H3/t15-,16-,18+/m0/s1. The minimum Gasteiger partial charge on any atom is -0.299 e. The zero-order valence-electron chi connectivity index (χ0n) is 12.6. The number of hydrogen-bond donors (Lipinski definition) is 0. The number of carbonyl (C=O) groups excluding carboxylic acids is 1. The average Bonchev–Trinajstić information content (AvgIpc) is 2.82. The van der Waals surface area contributed by atoms with E-state index in [0.717, 1.165) is 18.3 Å². The molecule has 0 heterocycles. The van der Waals surface area contributed by atoms with E-state index in [1.165, 1.54) is 70.6 Å². The van der Waals surface area contributed by atoms with Gasteiger partial charge in [-0.25, -0.2) is 0 Å². The van der Waals surface area contributed by atoms with Gasteiger partial charge in [-0.05, 0) is 55.8 Å². The molecule has 108 valence electrons. The first-order valence-corrected chi connectivity index (χ1v) is 8.72. The van der Waals surface area contributed by atoms with Crippen molar-refractivity contribution in [2.45, 2.75) is 84.0 Å². The first-order valence-electron chi connectivity index (χ1n) is 8.72. The molecular formula is C18H30O. The molecule has 0 saturated heterocycles. The van der Waals surface area contributed by atoms with Crippen molar-refractivity contribution in [2.24, 2.45) is 23.2 Å². The van der Waals surface area contributed by atoms with Crippen LogP contribution < -0.4 is 0 Å². The summed E-state index contributed by atoms with van der Waals surface area (Å²) in [5.41, 5.74) is 0.593. The number of rotatable bonds is 3. The van der Waals surface area contributed by atoms with E-state index in [-0.39, 0.29) is 0 Å². The van der Waals surface area contributed by atoms with Crippen LogP contribution in [0.4, 0.5) is 0 Å². The van der Waals surface area contributed by atoms with Crippen LogP contribution in [0.3, 0.4) is 0 Å². The van der Waals surface area contributed by atoms with Crippen LogP contribution in [0.2, 0.25) is 0 Å². The van der Waals surface area contributed by atoms with Crippen LogP contribution in [0.25, 0.3) is 0 Å². The topological polar surface area (TPSA) is 17.1 Å². The van der Waals surface area contributed by atoms with Gasteiger partial charge in [-0.3, -0.25) is 4.79 Å². The number of carbonyl (C=O) groups is 1. The third-order valence-electron chi connectivity index (χ3n) is 6.57. The molecule has 19 heavy (non-hydrogen) atoms. The first kappa shape index (κ1) is 13.6. The lowest BCUT2D eigenvalue weighted by molar-refractivity contribution is -0.126. The van der Waals surface area contributed by atoms with E-state index < -0.39 is 0 Å². The summed E-state index contributed by atoms with van der Waals surface area (Å²) >= 11 is 0. The van der Waals surface area contributed by atoms with Gasteiger partial charge in [0.1, 0.15) is 5.78 Å². The highest BCUT2D eigenvalue weighted by molar-refractivity contribution is 5.81. The first-order chi connectivity index (χ1) is 9.19. The Labute approximate surface area is 118 Å². The van der Waals surface area contributed by atoms with Gasteiger partial charge in [-0.15, -0.1) is 0 Å². The zero-order chi connectivity index (χ0) is 13.3. The van der Waals surface area contributed by atoms with E-state index in [1.54, 1.807) is 0 Å². The molecule has 3 aliphatic rings. The summed E-state index contributed by atoms with van der Waals surface area (Å²) in [7, 11) is 0. The predicted octanol–water partition coefficient (Wildman–Crippen LogP) is 5.13. The van der Waals surface area contributed by atoms with Crippen molar-refractivity contribution >= 4 is 5.78 Å². The maximum absolute atomic E-state index is 12.6. The number of Topliss-reactive ketones (excluding diaryl/α,β-unsaturated/α-hetero) is 1. The van der Waals surface area contributed by atoms with E-state index in [1.807, 2.05) is 0 Å². The summed E-state index contributed by atoms with van der Waals surface area (Å²) in [5.74, 6) is 2.66. The normalized spacial score (nSPS) is 40.1. The number of hydrogen-bond acceptors (Lipinski definition) is 1. The molecule has 3 rings (SSSR count). The molecule has 0 amide bonds. The minimum absolute atomic E-state index is 0.434. The van der Waals surface area contributed by atoms with Gasteiger partial charge in [-0.2, -0.15) is 0 Å². The Bertz CT molecular complexity index is 329. The van der Waals surface area contributed by atoms with Crippen LogP contribution in [0, 0.1) is 23.2 Å². The van der Waals surface area contributed by atoms with Crippen molar-refractivity contribution in [3.8, 4) is 0 Å². The molecule has 0 N–H and O–H groups in total. The van der Waals surface area contributed by atoms with E-state index >= 15 is 0 Å². The highest BCUT2D eigenvalue weighted by Gasteiger charge is 2.45. The molecule has 0 spiro atoms. The highest BCUT2D eigenvalue weighted by atomic mass is 16.1. The third kappa shape index (κ3) is 2.76. The zero-order valence-corrected chi connectivity index (χ0v) is 12.6. The minimum atomic E-state index is 0.434. The Morgan fingerprint density at radius 1 is 0.947 bits per heavy atom. The molecule has 0 aromatic carbocycles. The van der Waals surface area contributed by atoms with Gasteiger partial charge in [0.25, 0.3) is 0 Å². The van der Waals surface area contributed by atoms with Crippen LogP contribution in [0.15, 0.2) is 0 Å². The van der Waals surface area contributed by atoms with Crippen LogP contribution in [0.1, 0.15) is 84.0 Å². The van der Waals surface area contributed by atoms with Crippen molar-refractivity contribution in [1.82, 2.24) is 0 Å². The van der Waals surface area contributed by atoms with Crippen LogP contribution in [0.5, 0.6) is 0 Å². The molecule has 3 aliphatic carbocycles. The van der Waals surface area contributed by atoms with Gasteiger partial charge in [0.15, 0.2) is 0 Å². The summed E-state index contributed by atoms with van der Waals surface area (Å²) in [6.07, 6.45) is 15.6. The van der Waals surface area contributed by atoms with Crippen molar-refractivity contribution in [2.75, 3.05) is 0 Å². The van der Waals surface area contributed by atoms with E-state index in [9.17, 15) is 4.79 Å². The fourth-order valence-corrected chi connectivity index (χ4v) is 5.44. The summed E-state index contributed by atoms with van der Waals surface area (Å²) < 4.78 is 0. The fraction of sp³-hybridized carbons (Fsp3) is 0.944. The summed E-state index contributed by atoms with van der Waals surface area (Å²) in [4.78, 5) is 12.6. The Hall–Kier alpha value is -0.330. The quantitative estimate of drug-likeness (QED) is 0.689. The SMILES string of the molecule is C[C@]12CCC[C@@H](CC(=O)C3CCCCC3)[C@@H]1CCC2. The summed E-state index contributed by atoms with van der Waals surface area (Å²) in [5, 5.41) is 0. The van der Waals surface area contributed by atoms with E-state index in [2.05, 4.69) is 6.92 Å². The largest absolute Gasteiger partial charge is 0.299 e. The highest BCUT2D eigenvalue weighted by Crippen LogP contribution is 2.55. The Balaban J connectivity index is 1.60. The molecule has 0 aliphatic heterocycles. The lowest BCUT2D eigenvalue weighted by Crippen LogP contribution is -2.35. The monoisotopic (exact) mass is 262 g/mol.